The Kier molecular flexibility index (Phi) is 4.50. The monoisotopic (exact) mass is 224 g/mol. The van der Waals surface area contributed by atoms with Crippen LogP contribution < -0.4 is 14.8 Å². The van der Waals surface area contributed by atoms with E-state index in [1.807, 2.05) is 13.0 Å². The molecule has 16 heavy (non-hydrogen) atoms. The van der Waals surface area contributed by atoms with Gasteiger partial charge in [-0.15, -0.1) is 11.6 Å². The van der Waals surface area contributed by atoms with E-state index in [9.17, 15) is 0 Å². The predicted molar refractivity (Wildman–Crippen MR) is 60.8 cm³/mol. The summed E-state index contributed by atoms with van der Waals surface area (Å²) in [6.45, 7) is 5.67. The van der Waals surface area contributed by atoms with Crippen molar-refractivity contribution in [3.8, 4) is 12.0 Å². The van der Waals surface area contributed by atoms with Crippen LogP contribution >= 0.6 is 0 Å². The van der Waals surface area contributed by atoms with Crippen molar-refractivity contribution < 1.29 is 9.47 Å². The molecule has 88 valence electrons. The van der Waals surface area contributed by atoms with Crippen LogP contribution in [0.1, 0.15) is 13.3 Å². The summed E-state index contributed by atoms with van der Waals surface area (Å²) in [5.41, 5.74) is 0. The minimum atomic E-state index is 0.189. The van der Waals surface area contributed by atoms with E-state index in [0.717, 1.165) is 6.42 Å². The van der Waals surface area contributed by atoms with Gasteiger partial charge in [0.2, 0.25) is 5.95 Å². The number of aromatic nitrogens is 3. The average Bonchev–Trinajstić information content (AvgIpc) is 2.28. The summed E-state index contributed by atoms with van der Waals surface area (Å²) in [7, 11) is 2.98. The van der Waals surface area contributed by atoms with Crippen LogP contribution in [0.3, 0.4) is 0 Å². The Bertz CT molecular complexity index is 334. The Hall–Kier alpha value is -1.85. The number of methoxy groups -OCH3 is 2. The lowest BCUT2D eigenvalue weighted by atomic mass is 10.2. The van der Waals surface area contributed by atoms with Gasteiger partial charge >= 0.3 is 12.0 Å². The van der Waals surface area contributed by atoms with Crippen LogP contribution in [-0.4, -0.2) is 35.2 Å². The maximum Gasteiger partial charge on any atom is 0.324 e. The molecule has 1 atom stereocenters. The third-order valence-corrected chi connectivity index (χ3v) is 1.86. The highest BCUT2D eigenvalue weighted by atomic mass is 16.5. The number of rotatable bonds is 6. The van der Waals surface area contributed by atoms with Gasteiger partial charge in [-0.1, -0.05) is 6.08 Å². The van der Waals surface area contributed by atoms with Gasteiger partial charge in [0.15, 0.2) is 0 Å². The van der Waals surface area contributed by atoms with Crippen LogP contribution in [0.4, 0.5) is 5.95 Å². The summed E-state index contributed by atoms with van der Waals surface area (Å²) in [6, 6.07) is 0.634. The van der Waals surface area contributed by atoms with Crippen molar-refractivity contribution in [3.63, 3.8) is 0 Å². The van der Waals surface area contributed by atoms with Crippen LogP contribution in [0.2, 0.25) is 0 Å². The van der Waals surface area contributed by atoms with Crippen molar-refractivity contribution in [2.75, 3.05) is 19.5 Å². The standard InChI is InChI=1S/C10H16N4O2/c1-5-6-7(2)11-8-12-9(15-3)14-10(13-8)16-4/h5,7H,1,6H2,2-4H3,(H,11,12,13,14). The Morgan fingerprint density at radius 3 is 2.25 bits per heavy atom. The van der Waals surface area contributed by atoms with Crippen LogP contribution in [-0.2, 0) is 0 Å². The molecule has 0 aliphatic rings. The maximum atomic E-state index is 4.94. The lowest BCUT2D eigenvalue weighted by molar-refractivity contribution is 0.341. The molecule has 1 N–H and O–H groups in total. The zero-order valence-electron chi connectivity index (χ0n) is 9.73. The second-order valence-corrected chi connectivity index (χ2v) is 3.20. The Morgan fingerprint density at radius 2 is 1.81 bits per heavy atom. The third kappa shape index (κ3) is 3.38. The molecule has 0 aliphatic carbocycles. The highest BCUT2D eigenvalue weighted by Gasteiger charge is 2.08. The number of nitrogens with zero attached hydrogens (tertiary/aromatic N) is 3. The molecule has 1 heterocycles. The summed E-state index contributed by atoms with van der Waals surface area (Å²) in [5, 5.41) is 3.10. The number of hydrogen-bond acceptors (Lipinski definition) is 6. The van der Waals surface area contributed by atoms with Gasteiger partial charge in [-0.25, -0.2) is 0 Å². The molecule has 1 aromatic heterocycles. The van der Waals surface area contributed by atoms with E-state index in [2.05, 4.69) is 26.8 Å². The lowest BCUT2D eigenvalue weighted by Crippen LogP contribution is -2.17. The zero-order chi connectivity index (χ0) is 12.0. The Balaban J connectivity index is 2.81. The van der Waals surface area contributed by atoms with Gasteiger partial charge in [0.1, 0.15) is 0 Å². The summed E-state index contributed by atoms with van der Waals surface area (Å²) in [5.74, 6) is 0.429. The van der Waals surface area contributed by atoms with Crippen molar-refractivity contribution in [2.24, 2.45) is 0 Å². The molecule has 0 fully saturated rings. The number of hydrogen-bond donors (Lipinski definition) is 1. The zero-order valence-corrected chi connectivity index (χ0v) is 9.73. The van der Waals surface area contributed by atoms with E-state index >= 15 is 0 Å². The van der Waals surface area contributed by atoms with Crippen molar-refractivity contribution >= 4 is 5.95 Å². The molecule has 0 aliphatic heterocycles. The molecular formula is C10H16N4O2. The first-order chi connectivity index (χ1) is 7.69. The number of ether oxygens (including phenoxy) is 2. The molecule has 1 unspecified atom stereocenters. The van der Waals surface area contributed by atoms with E-state index < -0.39 is 0 Å². The van der Waals surface area contributed by atoms with Crippen molar-refractivity contribution in [2.45, 2.75) is 19.4 Å². The third-order valence-electron chi connectivity index (χ3n) is 1.86. The predicted octanol–water partition coefficient (Wildman–Crippen LogP) is 1.27. The van der Waals surface area contributed by atoms with Crippen LogP contribution in [0.15, 0.2) is 12.7 Å². The van der Waals surface area contributed by atoms with Gasteiger partial charge in [0, 0.05) is 6.04 Å². The smallest absolute Gasteiger partial charge is 0.324 e. The average molecular weight is 224 g/mol. The van der Waals surface area contributed by atoms with Gasteiger partial charge in [0.05, 0.1) is 14.2 Å². The molecule has 0 amide bonds. The highest BCUT2D eigenvalue weighted by Crippen LogP contribution is 2.13. The van der Waals surface area contributed by atoms with E-state index in [1.54, 1.807) is 0 Å². The number of nitrogens with one attached hydrogen (secondary N) is 1. The van der Waals surface area contributed by atoms with Gasteiger partial charge < -0.3 is 14.8 Å². The normalized spacial score (nSPS) is 11.7. The van der Waals surface area contributed by atoms with Crippen LogP contribution in [0.5, 0.6) is 12.0 Å². The number of anilines is 1. The fourth-order valence-electron chi connectivity index (χ4n) is 1.11. The van der Waals surface area contributed by atoms with Crippen molar-refractivity contribution in [1.82, 2.24) is 15.0 Å². The summed E-state index contributed by atoms with van der Waals surface area (Å²) < 4.78 is 9.87. The molecule has 1 aromatic rings. The molecule has 0 spiro atoms. The van der Waals surface area contributed by atoms with E-state index in [0.29, 0.717) is 5.95 Å². The van der Waals surface area contributed by atoms with Gasteiger partial charge in [-0.3, -0.25) is 0 Å². The summed E-state index contributed by atoms with van der Waals surface area (Å²) >= 11 is 0. The Morgan fingerprint density at radius 1 is 1.25 bits per heavy atom. The van der Waals surface area contributed by atoms with Gasteiger partial charge in [0.25, 0.3) is 0 Å². The molecule has 6 nitrogen and oxygen atoms in total. The van der Waals surface area contributed by atoms with Gasteiger partial charge in [-0.2, -0.15) is 9.97 Å². The highest BCUT2D eigenvalue weighted by molar-refractivity contribution is 5.28. The first kappa shape index (κ1) is 12.2. The molecular weight excluding hydrogens is 208 g/mol. The molecule has 0 saturated carbocycles. The van der Waals surface area contributed by atoms with Crippen LogP contribution in [0.25, 0.3) is 0 Å². The molecule has 0 bridgehead atoms. The Labute approximate surface area is 94.7 Å². The molecule has 1 rings (SSSR count). The molecule has 0 aromatic carbocycles. The van der Waals surface area contributed by atoms with Crippen molar-refractivity contribution in [1.29, 1.82) is 0 Å². The van der Waals surface area contributed by atoms with E-state index in [4.69, 9.17) is 9.47 Å². The van der Waals surface area contributed by atoms with Crippen LogP contribution in [0, 0.1) is 0 Å². The molecule has 6 heteroatoms. The summed E-state index contributed by atoms with van der Waals surface area (Å²) in [4.78, 5) is 12.0. The van der Waals surface area contributed by atoms with Crippen molar-refractivity contribution in [3.05, 3.63) is 12.7 Å². The second-order valence-electron chi connectivity index (χ2n) is 3.20. The quantitative estimate of drug-likeness (QED) is 0.734. The lowest BCUT2D eigenvalue weighted by Gasteiger charge is -2.12. The minimum Gasteiger partial charge on any atom is -0.467 e. The molecule has 0 radical (unpaired) electrons. The topological polar surface area (TPSA) is 69.2 Å². The van der Waals surface area contributed by atoms with E-state index in [1.165, 1.54) is 14.2 Å². The first-order valence-electron chi connectivity index (χ1n) is 4.91. The first-order valence-corrected chi connectivity index (χ1v) is 4.91. The van der Waals surface area contributed by atoms with E-state index in [-0.39, 0.29) is 18.1 Å². The summed E-state index contributed by atoms with van der Waals surface area (Å²) in [6.07, 6.45) is 2.64. The second kappa shape index (κ2) is 5.89. The fraction of sp³-hybridized carbons (Fsp3) is 0.500. The largest absolute Gasteiger partial charge is 0.467 e. The fourth-order valence-corrected chi connectivity index (χ4v) is 1.11. The van der Waals surface area contributed by atoms with Gasteiger partial charge in [-0.05, 0) is 13.3 Å². The maximum absolute atomic E-state index is 4.94. The SMILES string of the molecule is C=CCC(C)Nc1nc(OC)nc(OC)n1. The minimum absolute atomic E-state index is 0.189. The molecule has 0 saturated heterocycles.